The second-order valence-corrected chi connectivity index (χ2v) is 11.3. The maximum atomic E-state index is 11.6. The highest BCUT2D eigenvalue weighted by atomic mass is 35.5. The van der Waals surface area contributed by atoms with Gasteiger partial charge in [0, 0.05) is 61.9 Å². The first-order valence-corrected chi connectivity index (χ1v) is 15.1. The molecule has 0 aliphatic carbocycles. The van der Waals surface area contributed by atoms with Crippen molar-refractivity contribution in [2.45, 2.75) is 26.4 Å². The SMILES string of the molecule is CNCc1ncc(-c2cccc(-c3cccc(-c4cnc(CNCC5CCN(C(C)=O)C5)c(OC)n4)c3Cl)c2Cl)nc1OC. The summed E-state index contributed by atoms with van der Waals surface area (Å²) in [6.45, 7) is 5.00. The lowest BCUT2D eigenvalue weighted by atomic mass is 9.98. The lowest BCUT2D eigenvalue weighted by molar-refractivity contribution is -0.127. The molecule has 2 aromatic carbocycles. The van der Waals surface area contributed by atoms with E-state index < -0.39 is 0 Å². The highest BCUT2D eigenvalue weighted by Gasteiger charge is 2.24. The monoisotopic (exact) mass is 635 g/mol. The zero-order chi connectivity index (χ0) is 31.2. The third kappa shape index (κ3) is 6.78. The quantitative estimate of drug-likeness (QED) is 0.227. The Morgan fingerprint density at radius 2 is 1.41 bits per heavy atom. The Bertz CT molecular complexity index is 1650. The van der Waals surface area contributed by atoms with Crippen molar-refractivity contribution in [3.63, 3.8) is 0 Å². The Hall–Kier alpha value is -3.83. The number of carbonyl (C=O) groups is 1. The predicted molar refractivity (Wildman–Crippen MR) is 172 cm³/mol. The van der Waals surface area contributed by atoms with Crippen LogP contribution in [0.1, 0.15) is 24.7 Å². The Kier molecular flexibility index (Phi) is 10.3. The second-order valence-electron chi connectivity index (χ2n) is 10.5. The van der Waals surface area contributed by atoms with Gasteiger partial charge in [0.15, 0.2) is 0 Å². The van der Waals surface area contributed by atoms with Gasteiger partial charge in [0.25, 0.3) is 0 Å². The molecule has 10 nitrogen and oxygen atoms in total. The number of methoxy groups -OCH3 is 2. The van der Waals surface area contributed by atoms with Gasteiger partial charge in [-0.15, -0.1) is 0 Å². The standard InChI is InChI=1S/C32H35Cl2N7O3/c1-19(42)41-12-11-20(18-41)13-36-15-28-32(44-4)40-26(17-38-28)24-10-6-8-22(30(24)34)21-7-5-9-23(29(21)33)25-16-37-27(14-35-2)31(39-25)43-3/h5-10,16-17,20,35-36H,11-15,18H2,1-4H3. The van der Waals surface area contributed by atoms with Crippen LogP contribution in [0, 0.1) is 5.92 Å². The van der Waals surface area contributed by atoms with Crippen molar-refractivity contribution in [2.24, 2.45) is 5.92 Å². The lowest BCUT2D eigenvalue weighted by Crippen LogP contribution is -2.29. The number of benzene rings is 2. The van der Waals surface area contributed by atoms with Crippen molar-refractivity contribution in [2.75, 3.05) is 40.9 Å². The molecular weight excluding hydrogens is 601 g/mol. The highest BCUT2D eigenvalue weighted by molar-refractivity contribution is 6.39. The number of nitrogens with one attached hydrogen (secondary N) is 2. The van der Waals surface area contributed by atoms with E-state index in [0.29, 0.717) is 74.7 Å². The lowest BCUT2D eigenvalue weighted by Gasteiger charge is -2.16. The normalized spacial score (nSPS) is 14.6. The van der Waals surface area contributed by atoms with E-state index in [9.17, 15) is 4.79 Å². The van der Waals surface area contributed by atoms with E-state index in [1.165, 1.54) is 0 Å². The van der Waals surface area contributed by atoms with Gasteiger partial charge in [-0.1, -0.05) is 59.6 Å². The first kappa shape index (κ1) is 31.6. The smallest absolute Gasteiger partial charge is 0.237 e. The fraction of sp³-hybridized carbons (Fsp3) is 0.344. The number of hydrogen-bond donors (Lipinski definition) is 2. The van der Waals surface area contributed by atoms with Gasteiger partial charge >= 0.3 is 0 Å². The van der Waals surface area contributed by atoms with Crippen molar-refractivity contribution >= 4 is 29.1 Å². The molecule has 230 valence electrons. The van der Waals surface area contributed by atoms with E-state index in [1.807, 2.05) is 48.3 Å². The van der Waals surface area contributed by atoms with Crippen molar-refractivity contribution in [1.82, 2.24) is 35.5 Å². The first-order valence-electron chi connectivity index (χ1n) is 14.3. The summed E-state index contributed by atoms with van der Waals surface area (Å²) in [4.78, 5) is 32.1. The molecule has 4 aromatic rings. The molecule has 1 unspecified atom stereocenters. The van der Waals surface area contributed by atoms with Crippen LogP contribution in [0.25, 0.3) is 33.6 Å². The molecule has 0 radical (unpaired) electrons. The summed E-state index contributed by atoms with van der Waals surface area (Å²) in [5.41, 5.74) is 5.45. The molecule has 0 spiro atoms. The number of nitrogens with zero attached hydrogens (tertiary/aromatic N) is 5. The second kappa shape index (κ2) is 14.3. The largest absolute Gasteiger partial charge is 0.480 e. The van der Waals surface area contributed by atoms with Gasteiger partial charge in [-0.3, -0.25) is 14.8 Å². The molecule has 2 N–H and O–H groups in total. The number of aromatic nitrogens is 4. The number of carbonyl (C=O) groups excluding carboxylic acids is 1. The molecule has 0 bridgehead atoms. The fourth-order valence-corrected chi connectivity index (χ4v) is 6.00. The van der Waals surface area contributed by atoms with Crippen LogP contribution in [0.15, 0.2) is 48.8 Å². The van der Waals surface area contributed by atoms with Gasteiger partial charge < -0.3 is 25.0 Å². The minimum Gasteiger partial charge on any atom is -0.480 e. The van der Waals surface area contributed by atoms with Gasteiger partial charge in [-0.05, 0) is 19.4 Å². The molecule has 1 aliphatic rings. The zero-order valence-electron chi connectivity index (χ0n) is 25.2. The molecule has 2 aromatic heterocycles. The number of hydrogen-bond acceptors (Lipinski definition) is 9. The van der Waals surface area contributed by atoms with Crippen LogP contribution in [0.5, 0.6) is 11.8 Å². The molecule has 1 aliphatic heterocycles. The molecule has 12 heteroatoms. The van der Waals surface area contributed by atoms with Crippen LogP contribution in [0.4, 0.5) is 0 Å². The van der Waals surface area contributed by atoms with Gasteiger partial charge in [0.1, 0.15) is 11.4 Å². The highest BCUT2D eigenvalue weighted by Crippen LogP contribution is 2.42. The van der Waals surface area contributed by atoms with E-state index in [1.54, 1.807) is 33.5 Å². The maximum absolute atomic E-state index is 11.6. The number of halogens is 2. The van der Waals surface area contributed by atoms with Crippen molar-refractivity contribution in [3.05, 3.63) is 70.2 Å². The number of ether oxygens (including phenoxy) is 2. The summed E-state index contributed by atoms with van der Waals surface area (Å²) in [6.07, 6.45) is 4.37. The van der Waals surface area contributed by atoms with Gasteiger partial charge in [0.05, 0.1) is 48.0 Å². The van der Waals surface area contributed by atoms with Crippen LogP contribution in [-0.2, 0) is 17.9 Å². The summed E-state index contributed by atoms with van der Waals surface area (Å²) in [5, 5.41) is 7.48. The summed E-state index contributed by atoms with van der Waals surface area (Å²) in [7, 11) is 4.98. The van der Waals surface area contributed by atoms with E-state index >= 15 is 0 Å². The summed E-state index contributed by atoms with van der Waals surface area (Å²) >= 11 is 14.0. The van der Waals surface area contributed by atoms with E-state index in [0.717, 1.165) is 37.2 Å². The Balaban J connectivity index is 1.38. The molecule has 1 amide bonds. The molecule has 1 fully saturated rings. The Morgan fingerprint density at radius 3 is 1.89 bits per heavy atom. The zero-order valence-corrected chi connectivity index (χ0v) is 26.7. The number of rotatable bonds is 11. The average molecular weight is 637 g/mol. The number of likely N-dealkylation sites (tertiary alicyclic amines) is 1. The van der Waals surface area contributed by atoms with E-state index in [4.69, 9.17) is 37.7 Å². The minimum absolute atomic E-state index is 0.123. The van der Waals surface area contributed by atoms with Crippen molar-refractivity contribution < 1.29 is 14.3 Å². The van der Waals surface area contributed by atoms with Crippen LogP contribution >= 0.6 is 23.2 Å². The van der Waals surface area contributed by atoms with Crippen molar-refractivity contribution in [1.29, 1.82) is 0 Å². The molecule has 44 heavy (non-hydrogen) atoms. The van der Waals surface area contributed by atoms with E-state index in [-0.39, 0.29) is 5.91 Å². The van der Waals surface area contributed by atoms with Gasteiger partial charge in [0.2, 0.25) is 17.7 Å². The van der Waals surface area contributed by atoms with Crippen LogP contribution < -0.4 is 20.1 Å². The van der Waals surface area contributed by atoms with Crippen LogP contribution in [0.3, 0.4) is 0 Å². The Labute approximate surface area is 267 Å². The summed E-state index contributed by atoms with van der Waals surface area (Å²) in [6, 6.07) is 11.4. The molecule has 1 saturated heterocycles. The predicted octanol–water partition coefficient (Wildman–Crippen LogP) is 5.27. The maximum Gasteiger partial charge on any atom is 0.237 e. The third-order valence-corrected chi connectivity index (χ3v) is 8.46. The minimum atomic E-state index is 0.123. The van der Waals surface area contributed by atoms with Gasteiger partial charge in [-0.25, -0.2) is 9.97 Å². The molecule has 1 atom stereocenters. The van der Waals surface area contributed by atoms with E-state index in [2.05, 4.69) is 25.6 Å². The number of amides is 1. The topological polar surface area (TPSA) is 114 Å². The van der Waals surface area contributed by atoms with Crippen LogP contribution in [-0.4, -0.2) is 71.6 Å². The molecule has 5 rings (SSSR count). The first-order chi connectivity index (χ1) is 21.3. The van der Waals surface area contributed by atoms with Crippen LogP contribution in [0.2, 0.25) is 10.0 Å². The molecule has 3 heterocycles. The van der Waals surface area contributed by atoms with Crippen molar-refractivity contribution in [3.8, 4) is 45.4 Å². The fourth-order valence-electron chi connectivity index (χ4n) is 5.35. The van der Waals surface area contributed by atoms with Gasteiger partial charge in [-0.2, -0.15) is 0 Å². The average Bonchev–Trinajstić information content (AvgIpc) is 3.51. The molecular formula is C32H35Cl2N7O3. The summed E-state index contributed by atoms with van der Waals surface area (Å²) < 4.78 is 11.1. The summed E-state index contributed by atoms with van der Waals surface area (Å²) in [5.74, 6) is 1.39. The molecule has 0 saturated carbocycles. The third-order valence-electron chi connectivity index (χ3n) is 7.65. The Morgan fingerprint density at radius 1 is 0.886 bits per heavy atom.